The summed E-state index contributed by atoms with van der Waals surface area (Å²) in [6.45, 7) is 7.47. The van der Waals surface area contributed by atoms with Crippen LogP contribution < -0.4 is 10.5 Å². The van der Waals surface area contributed by atoms with Gasteiger partial charge in [0.15, 0.2) is 0 Å². The van der Waals surface area contributed by atoms with Crippen molar-refractivity contribution < 1.29 is 8.78 Å². The van der Waals surface area contributed by atoms with Crippen molar-refractivity contribution in [2.75, 3.05) is 18.0 Å². The van der Waals surface area contributed by atoms with Gasteiger partial charge in [0.2, 0.25) is 0 Å². The number of aryl methyl sites for hydroxylation is 2. The van der Waals surface area contributed by atoms with Crippen molar-refractivity contribution in [3.05, 3.63) is 105 Å². The molecule has 0 radical (unpaired) electrons. The van der Waals surface area contributed by atoms with E-state index in [9.17, 15) is 18.8 Å². The minimum absolute atomic E-state index is 0.0162. The number of aromatic nitrogens is 2. The Morgan fingerprint density at radius 3 is 2.41 bits per heavy atom. The van der Waals surface area contributed by atoms with E-state index in [2.05, 4.69) is 34.7 Å². The second kappa shape index (κ2) is 10.6. The molecule has 1 aliphatic heterocycles. The second-order valence-electron chi connectivity index (χ2n) is 10.3. The Morgan fingerprint density at radius 1 is 1.00 bits per heavy atom. The number of benzene rings is 2. The molecule has 0 aliphatic carbocycles. The standard InChI is InChI=1S/C31H31F2N5O/c1-5-21-14-24(33)10-12-26(21)31(22-6-8-23(32)9-7-22)38-18-19(2)37(17-20(38)3)28-15-29(39)36(4)27-13-11-25(16-34)35-30(27)28/h6-15,19-20,31H,5,17-18H2,1-4H3/t19-,20+,31?/m0/s1. The van der Waals surface area contributed by atoms with Gasteiger partial charge in [-0.05, 0) is 73.4 Å². The van der Waals surface area contributed by atoms with Crippen LogP contribution in [0.25, 0.3) is 11.0 Å². The topological polar surface area (TPSA) is 65.2 Å². The first-order valence-corrected chi connectivity index (χ1v) is 13.2. The summed E-state index contributed by atoms with van der Waals surface area (Å²) in [5.41, 5.74) is 4.99. The van der Waals surface area contributed by atoms with Crippen molar-refractivity contribution in [1.82, 2.24) is 14.5 Å². The van der Waals surface area contributed by atoms with E-state index in [0.717, 1.165) is 16.7 Å². The third-order valence-electron chi connectivity index (χ3n) is 7.82. The van der Waals surface area contributed by atoms with E-state index < -0.39 is 0 Å². The number of nitriles is 1. The lowest BCUT2D eigenvalue weighted by Gasteiger charge is -2.49. The predicted octanol–water partition coefficient (Wildman–Crippen LogP) is 5.33. The smallest absolute Gasteiger partial charge is 0.252 e. The molecule has 200 valence electrons. The number of hydrogen-bond acceptors (Lipinski definition) is 5. The van der Waals surface area contributed by atoms with Gasteiger partial charge in [0.05, 0.1) is 17.2 Å². The maximum atomic E-state index is 14.2. The Morgan fingerprint density at radius 2 is 1.72 bits per heavy atom. The minimum Gasteiger partial charge on any atom is -0.364 e. The zero-order chi connectivity index (χ0) is 27.8. The maximum Gasteiger partial charge on any atom is 0.252 e. The van der Waals surface area contributed by atoms with Crippen molar-refractivity contribution >= 4 is 16.7 Å². The molecule has 0 saturated carbocycles. The molecule has 4 aromatic rings. The molecule has 1 aliphatic rings. The van der Waals surface area contributed by atoms with Crippen LogP contribution in [0.3, 0.4) is 0 Å². The summed E-state index contributed by atoms with van der Waals surface area (Å²) in [4.78, 5) is 22.0. The Balaban J connectivity index is 1.58. The lowest BCUT2D eigenvalue weighted by Crippen LogP contribution is -2.57. The van der Waals surface area contributed by atoms with Crippen LogP contribution in [-0.4, -0.2) is 39.6 Å². The normalized spacial score (nSPS) is 18.7. The van der Waals surface area contributed by atoms with Gasteiger partial charge in [-0.15, -0.1) is 0 Å². The van der Waals surface area contributed by atoms with E-state index in [1.54, 1.807) is 48.0 Å². The average molecular weight is 528 g/mol. The van der Waals surface area contributed by atoms with Crippen LogP contribution in [0.4, 0.5) is 14.5 Å². The Labute approximate surface area is 226 Å². The molecule has 3 heterocycles. The molecule has 6 nitrogen and oxygen atoms in total. The van der Waals surface area contributed by atoms with Crippen molar-refractivity contribution in [2.24, 2.45) is 7.05 Å². The number of piperazine rings is 1. The van der Waals surface area contributed by atoms with Crippen LogP contribution in [0.5, 0.6) is 0 Å². The highest BCUT2D eigenvalue weighted by molar-refractivity contribution is 5.89. The third-order valence-corrected chi connectivity index (χ3v) is 7.82. The number of anilines is 1. The summed E-state index contributed by atoms with van der Waals surface area (Å²) >= 11 is 0. The van der Waals surface area contributed by atoms with E-state index >= 15 is 0 Å². The summed E-state index contributed by atoms with van der Waals surface area (Å²) in [6, 6.07) is 18.3. The first-order valence-electron chi connectivity index (χ1n) is 13.2. The van der Waals surface area contributed by atoms with Crippen molar-refractivity contribution in [3.63, 3.8) is 0 Å². The van der Waals surface area contributed by atoms with Crippen molar-refractivity contribution in [2.45, 2.75) is 45.3 Å². The van der Waals surface area contributed by atoms with Crippen LogP contribution in [0.15, 0.2) is 65.5 Å². The number of nitrogens with zero attached hydrogens (tertiary/aromatic N) is 5. The van der Waals surface area contributed by atoms with Gasteiger partial charge in [0.1, 0.15) is 28.9 Å². The van der Waals surface area contributed by atoms with E-state index in [-0.39, 0.29) is 35.3 Å². The third kappa shape index (κ3) is 4.90. The van der Waals surface area contributed by atoms with E-state index in [1.165, 1.54) is 18.2 Å². The molecule has 1 unspecified atom stereocenters. The summed E-state index contributed by atoms with van der Waals surface area (Å²) in [5, 5.41) is 9.46. The highest BCUT2D eigenvalue weighted by Gasteiger charge is 2.36. The molecule has 5 rings (SSSR count). The van der Waals surface area contributed by atoms with Gasteiger partial charge in [-0.3, -0.25) is 9.69 Å². The molecule has 0 amide bonds. The van der Waals surface area contributed by atoms with Gasteiger partial charge in [0, 0.05) is 38.3 Å². The molecule has 1 fully saturated rings. The number of halogens is 2. The molecular weight excluding hydrogens is 496 g/mol. The van der Waals surface area contributed by atoms with E-state index in [0.29, 0.717) is 41.9 Å². The number of rotatable bonds is 5. The lowest BCUT2D eigenvalue weighted by atomic mass is 9.89. The molecule has 1 saturated heterocycles. The first-order chi connectivity index (χ1) is 18.7. The molecule has 0 bridgehead atoms. The predicted molar refractivity (Wildman–Crippen MR) is 149 cm³/mol. The van der Waals surface area contributed by atoms with Gasteiger partial charge in [-0.25, -0.2) is 13.8 Å². The highest BCUT2D eigenvalue weighted by Crippen LogP contribution is 2.37. The summed E-state index contributed by atoms with van der Waals surface area (Å²) < 4.78 is 29.6. The molecule has 8 heteroatoms. The summed E-state index contributed by atoms with van der Waals surface area (Å²) in [7, 11) is 1.70. The van der Waals surface area contributed by atoms with Gasteiger partial charge >= 0.3 is 0 Å². The quantitative estimate of drug-likeness (QED) is 0.351. The molecular formula is C31H31F2N5O. The average Bonchev–Trinajstić information content (AvgIpc) is 2.94. The van der Waals surface area contributed by atoms with Crippen LogP contribution in [0.1, 0.15) is 49.2 Å². The van der Waals surface area contributed by atoms with Crippen LogP contribution in [-0.2, 0) is 13.5 Å². The molecule has 2 aromatic heterocycles. The molecule has 0 spiro atoms. The number of hydrogen-bond donors (Lipinski definition) is 0. The second-order valence-corrected chi connectivity index (χ2v) is 10.3. The van der Waals surface area contributed by atoms with E-state index in [1.807, 2.05) is 13.0 Å². The van der Waals surface area contributed by atoms with Gasteiger partial charge in [-0.1, -0.05) is 25.1 Å². The van der Waals surface area contributed by atoms with Gasteiger partial charge in [-0.2, -0.15) is 5.26 Å². The van der Waals surface area contributed by atoms with Crippen LogP contribution in [0, 0.1) is 23.0 Å². The molecule has 39 heavy (non-hydrogen) atoms. The molecule has 0 N–H and O–H groups in total. The monoisotopic (exact) mass is 527 g/mol. The number of fused-ring (bicyclic) bond motifs is 1. The summed E-state index contributed by atoms with van der Waals surface area (Å²) in [6.07, 6.45) is 0.668. The fraction of sp³-hybridized carbons (Fsp3) is 0.323. The zero-order valence-electron chi connectivity index (χ0n) is 22.5. The van der Waals surface area contributed by atoms with Gasteiger partial charge in [0.25, 0.3) is 5.56 Å². The fourth-order valence-corrected chi connectivity index (χ4v) is 5.78. The van der Waals surface area contributed by atoms with Crippen molar-refractivity contribution in [1.29, 1.82) is 5.26 Å². The van der Waals surface area contributed by atoms with Gasteiger partial charge < -0.3 is 9.47 Å². The highest BCUT2D eigenvalue weighted by atomic mass is 19.1. The largest absolute Gasteiger partial charge is 0.364 e. The Bertz CT molecular complexity index is 1630. The Hall–Kier alpha value is -4.09. The number of pyridine rings is 2. The first kappa shape index (κ1) is 26.5. The van der Waals surface area contributed by atoms with Crippen LogP contribution in [0.2, 0.25) is 0 Å². The molecule has 3 atom stereocenters. The SMILES string of the molecule is CCc1cc(F)ccc1C(c1ccc(F)cc1)N1C[C@H](C)N(c2cc(=O)n(C)c3ccc(C#N)nc23)C[C@H]1C. The fourth-order valence-electron chi connectivity index (χ4n) is 5.78. The zero-order valence-corrected chi connectivity index (χ0v) is 22.5. The molecule has 2 aromatic carbocycles. The van der Waals surface area contributed by atoms with E-state index in [4.69, 9.17) is 0 Å². The minimum atomic E-state index is -0.305. The summed E-state index contributed by atoms with van der Waals surface area (Å²) in [5.74, 6) is -0.582. The lowest BCUT2D eigenvalue weighted by molar-refractivity contribution is 0.129. The van der Waals surface area contributed by atoms with Crippen molar-refractivity contribution in [3.8, 4) is 6.07 Å². The van der Waals surface area contributed by atoms with Crippen LogP contribution >= 0.6 is 0 Å². The maximum absolute atomic E-state index is 14.2. The Kier molecular flexibility index (Phi) is 7.19.